The number of aromatic nitrogens is 1. The lowest BCUT2D eigenvalue weighted by Crippen LogP contribution is -2.27. The highest BCUT2D eigenvalue weighted by Gasteiger charge is 2.19. The van der Waals surface area contributed by atoms with Gasteiger partial charge in [-0.05, 0) is 67.4 Å². The molecule has 1 atom stereocenters. The van der Waals surface area contributed by atoms with Crippen LogP contribution in [0, 0.1) is 12.7 Å². The number of sulfonamides is 1. The largest absolute Gasteiger partial charge is 0.345 e. The Kier molecular flexibility index (Phi) is 5.93. The SMILES string of the molecule is Cc1ccc(S(=O)(=O)Nc2ccc(F)cc2)cc1C(=O)NC(C)c1cccnc1. The van der Waals surface area contributed by atoms with Gasteiger partial charge in [-0.2, -0.15) is 0 Å². The van der Waals surface area contributed by atoms with E-state index in [-0.39, 0.29) is 22.2 Å². The maximum Gasteiger partial charge on any atom is 0.261 e. The van der Waals surface area contributed by atoms with Gasteiger partial charge in [0.2, 0.25) is 0 Å². The summed E-state index contributed by atoms with van der Waals surface area (Å²) in [4.78, 5) is 16.7. The van der Waals surface area contributed by atoms with Crippen LogP contribution in [0.5, 0.6) is 0 Å². The molecular formula is C21H20FN3O3S. The van der Waals surface area contributed by atoms with Gasteiger partial charge in [-0.3, -0.25) is 14.5 Å². The zero-order chi connectivity index (χ0) is 21.0. The van der Waals surface area contributed by atoms with Crippen LogP contribution in [0.4, 0.5) is 10.1 Å². The Bertz CT molecular complexity index is 1120. The first-order valence-corrected chi connectivity index (χ1v) is 10.3. The fourth-order valence-corrected chi connectivity index (χ4v) is 3.82. The Labute approximate surface area is 168 Å². The fraction of sp³-hybridized carbons (Fsp3) is 0.143. The first-order chi connectivity index (χ1) is 13.8. The van der Waals surface area contributed by atoms with E-state index in [9.17, 15) is 17.6 Å². The molecule has 29 heavy (non-hydrogen) atoms. The van der Waals surface area contributed by atoms with Crippen LogP contribution in [0.1, 0.15) is 34.5 Å². The number of pyridine rings is 1. The number of aryl methyl sites for hydroxylation is 1. The van der Waals surface area contributed by atoms with E-state index >= 15 is 0 Å². The van der Waals surface area contributed by atoms with Gasteiger partial charge in [0.05, 0.1) is 10.9 Å². The Morgan fingerprint density at radius 1 is 1.10 bits per heavy atom. The highest BCUT2D eigenvalue weighted by atomic mass is 32.2. The third-order valence-electron chi connectivity index (χ3n) is 4.39. The quantitative estimate of drug-likeness (QED) is 0.643. The highest BCUT2D eigenvalue weighted by molar-refractivity contribution is 7.92. The van der Waals surface area contributed by atoms with E-state index < -0.39 is 21.7 Å². The lowest BCUT2D eigenvalue weighted by atomic mass is 10.1. The van der Waals surface area contributed by atoms with Gasteiger partial charge in [-0.1, -0.05) is 12.1 Å². The minimum Gasteiger partial charge on any atom is -0.345 e. The van der Waals surface area contributed by atoms with Crippen molar-refractivity contribution in [3.63, 3.8) is 0 Å². The van der Waals surface area contributed by atoms with Gasteiger partial charge >= 0.3 is 0 Å². The molecule has 1 amide bonds. The molecular weight excluding hydrogens is 393 g/mol. The minimum absolute atomic E-state index is 0.0633. The second kappa shape index (κ2) is 8.40. The monoisotopic (exact) mass is 413 g/mol. The molecule has 2 N–H and O–H groups in total. The predicted octanol–water partition coefficient (Wildman–Crippen LogP) is 3.82. The average molecular weight is 413 g/mol. The van der Waals surface area contributed by atoms with Crippen molar-refractivity contribution < 1.29 is 17.6 Å². The number of carbonyl (C=O) groups excluding carboxylic acids is 1. The number of nitrogens with zero attached hydrogens (tertiary/aromatic N) is 1. The van der Waals surface area contributed by atoms with Crippen LogP contribution in [0.2, 0.25) is 0 Å². The minimum atomic E-state index is -3.94. The molecule has 8 heteroatoms. The summed E-state index contributed by atoms with van der Waals surface area (Å²) in [5.74, 6) is -0.859. The molecule has 0 aliphatic carbocycles. The number of halogens is 1. The van der Waals surface area contributed by atoms with Crippen LogP contribution in [0.15, 0.2) is 71.9 Å². The summed E-state index contributed by atoms with van der Waals surface area (Å²) in [5, 5.41) is 2.85. The van der Waals surface area contributed by atoms with Gasteiger partial charge in [-0.25, -0.2) is 12.8 Å². The Hall–Kier alpha value is -3.26. The molecule has 6 nitrogen and oxygen atoms in total. The van der Waals surface area contributed by atoms with Crippen molar-refractivity contribution in [3.8, 4) is 0 Å². The zero-order valence-electron chi connectivity index (χ0n) is 15.9. The van der Waals surface area contributed by atoms with E-state index in [1.165, 1.54) is 24.3 Å². The number of nitrogens with one attached hydrogen (secondary N) is 2. The number of hydrogen-bond acceptors (Lipinski definition) is 4. The van der Waals surface area contributed by atoms with Crippen LogP contribution in [-0.4, -0.2) is 19.3 Å². The standard InChI is InChI=1S/C21H20FN3O3S/c1-14-5-10-19(29(27,28)25-18-8-6-17(22)7-9-18)12-20(14)21(26)24-15(2)16-4-3-11-23-13-16/h3-13,15,25H,1-2H3,(H,24,26). The van der Waals surface area contributed by atoms with E-state index in [1.54, 1.807) is 31.5 Å². The van der Waals surface area contributed by atoms with Crippen molar-refractivity contribution in [2.75, 3.05) is 4.72 Å². The lowest BCUT2D eigenvalue weighted by molar-refractivity contribution is 0.0939. The summed E-state index contributed by atoms with van der Waals surface area (Å²) in [5.41, 5.74) is 1.95. The normalized spacial score (nSPS) is 12.2. The number of amides is 1. The molecule has 0 radical (unpaired) electrons. The van der Waals surface area contributed by atoms with Crippen LogP contribution in [0.3, 0.4) is 0 Å². The van der Waals surface area contributed by atoms with E-state index in [0.29, 0.717) is 5.56 Å². The lowest BCUT2D eigenvalue weighted by Gasteiger charge is -2.16. The molecule has 2 aromatic carbocycles. The smallest absolute Gasteiger partial charge is 0.261 e. The molecule has 0 fully saturated rings. The van der Waals surface area contributed by atoms with E-state index in [0.717, 1.165) is 17.7 Å². The van der Waals surface area contributed by atoms with Crippen LogP contribution >= 0.6 is 0 Å². The Morgan fingerprint density at radius 3 is 2.48 bits per heavy atom. The van der Waals surface area contributed by atoms with Gasteiger partial charge in [0.25, 0.3) is 15.9 Å². The Morgan fingerprint density at radius 2 is 1.83 bits per heavy atom. The first kappa shape index (κ1) is 20.5. The van der Waals surface area contributed by atoms with Crippen LogP contribution < -0.4 is 10.0 Å². The molecule has 1 unspecified atom stereocenters. The molecule has 1 aromatic heterocycles. The molecule has 0 bridgehead atoms. The summed E-state index contributed by atoms with van der Waals surface area (Å²) in [6.07, 6.45) is 3.30. The van der Waals surface area contributed by atoms with E-state index in [4.69, 9.17) is 0 Å². The maximum atomic E-state index is 13.0. The van der Waals surface area contributed by atoms with Crippen molar-refractivity contribution in [1.82, 2.24) is 10.3 Å². The molecule has 3 aromatic rings. The van der Waals surface area contributed by atoms with Gasteiger partial charge in [0, 0.05) is 23.6 Å². The number of rotatable bonds is 6. The summed E-state index contributed by atoms with van der Waals surface area (Å²) in [7, 11) is -3.94. The summed E-state index contributed by atoms with van der Waals surface area (Å²) in [6, 6.07) is 12.6. The first-order valence-electron chi connectivity index (χ1n) is 8.86. The van der Waals surface area contributed by atoms with Crippen molar-refractivity contribution in [3.05, 3.63) is 89.5 Å². The van der Waals surface area contributed by atoms with Gasteiger partial charge in [-0.15, -0.1) is 0 Å². The number of carbonyl (C=O) groups is 1. The molecule has 0 saturated heterocycles. The molecule has 150 valence electrons. The second-order valence-corrected chi connectivity index (χ2v) is 8.25. The third-order valence-corrected chi connectivity index (χ3v) is 5.77. The third kappa shape index (κ3) is 4.97. The van der Waals surface area contributed by atoms with Gasteiger partial charge in [0.1, 0.15) is 5.82 Å². The Balaban J connectivity index is 1.83. The fourth-order valence-electron chi connectivity index (χ4n) is 2.73. The number of anilines is 1. The molecule has 0 spiro atoms. The van der Waals surface area contributed by atoms with E-state index in [2.05, 4.69) is 15.0 Å². The summed E-state index contributed by atoms with van der Waals surface area (Å²) >= 11 is 0. The summed E-state index contributed by atoms with van der Waals surface area (Å²) in [6.45, 7) is 3.55. The average Bonchev–Trinajstić information content (AvgIpc) is 2.70. The molecule has 1 heterocycles. The van der Waals surface area contributed by atoms with Crippen molar-refractivity contribution >= 4 is 21.6 Å². The van der Waals surface area contributed by atoms with Crippen molar-refractivity contribution in [1.29, 1.82) is 0 Å². The second-order valence-electron chi connectivity index (χ2n) is 6.57. The van der Waals surface area contributed by atoms with Crippen LogP contribution in [0.25, 0.3) is 0 Å². The molecule has 0 aliphatic rings. The summed E-state index contributed by atoms with van der Waals surface area (Å²) < 4.78 is 40.8. The maximum absolute atomic E-state index is 13.0. The molecule has 0 saturated carbocycles. The topological polar surface area (TPSA) is 88.2 Å². The van der Waals surface area contributed by atoms with Crippen LogP contribution in [-0.2, 0) is 10.0 Å². The molecule has 3 rings (SSSR count). The van der Waals surface area contributed by atoms with Gasteiger partial charge in [0.15, 0.2) is 0 Å². The number of benzene rings is 2. The highest BCUT2D eigenvalue weighted by Crippen LogP contribution is 2.20. The predicted molar refractivity (Wildman–Crippen MR) is 109 cm³/mol. The van der Waals surface area contributed by atoms with Gasteiger partial charge < -0.3 is 5.32 Å². The molecule has 0 aliphatic heterocycles. The number of hydrogen-bond donors (Lipinski definition) is 2. The van der Waals surface area contributed by atoms with Crippen molar-refractivity contribution in [2.45, 2.75) is 24.8 Å². The zero-order valence-corrected chi connectivity index (χ0v) is 16.7. The van der Waals surface area contributed by atoms with E-state index in [1.807, 2.05) is 13.0 Å². The van der Waals surface area contributed by atoms with Crippen molar-refractivity contribution in [2.24, 2.45) is 0 Å².